The number of nitrogens with zero attached hydrogens (tertiary/aromatic N) is 1. The molecule has 5 nitrogen and oxygen atoms in total. The van der Waals surface area contributed by atoms with E-state index in [0.29, 0.717) is 34.0 Å². The van der Waals surface area contributed by atoms with Gasteiger partial charge in [-0.3, -0.25) is 19.3 Å². The second-order valence-corrected chi connectivity index (χ2v) is 7.68. The molecule has 0 bridgehead atoms. The maximum absolute atomic E-state index is 12.9. The zero-order valence-electron chi connectivity index (χ0n) is 14.4. The van der Waals surface area contributed by atoms with Crippen LogP contribution in [0.2, 0.25) is 10.0 Å². The fourth-order valence-corrected chi connectivity index (χ4v) is 3.72. The number of imide groups is 1. The van der Waals surface area contributed by atoms with Crippen LogP contribution in [0.5, 0.6) is 0 Å². The Morgan fingerprint density at radius 1 is 1.07 bits per heavy atom. The molecule has 140 valence electrons. The molecule has 1 N–H and O–H groups in total. The van der Waals surface area contributed by atoms with Crippen LogP contribution in [0.1, 0.15) is 27.1 Å². The molecule has 0 saturated heterocycles. The van der Waals surface area contributed by atoms with Crippen molar-refractivity contribution in [3.05, 3.63) is 63.6 Å². The molecular formula is C19H16Cl2N2O3S. The Morgan fingerprint density at radius 2 is 1.70 bits per heavy atom. The Bertz CT molecular complexity index is 885. The molecule has 1 aliphatic heterocycles. The molecule has 27 heavy (non-hydrogen) atoms. The predicted octanol–water partition coefficient (Wildman–Crippen LogP) is 4.35. The van der Waals surface area contributed by atoms with Gasteiger partial charge in [0.05, 0.1) is 26.9 Å². The summed E-state index contributed by atoms with van der Waals surface area (Å²) >= 11 is 13.7. The summed E-state index contributed by atoms with van der Waals surface area (Å²) in [6.07, 6.45) is 2.22. The van der Waals surface area contributed by atoms with E-state index >= 15 is 0 Å². The van der Waals surface area contributed by atoms with Crippen molar-refractivity contribution in [1.29, 1.82) is 0 Å². The second kappa shape index (κ2) is 8.33. The predicted molar refractivity (Wildman–Crippen MR) is 109 cm³/mol. The van der Waals surface area contributed by atoms with E-state index in [1.165, 1.54) is 11.8 Å². The van der Waals surface area contributed by atoms with Crippen molar-refractivity contribution in [3.8, 4) is 0 Å². The molecule has 0 fully saturated rings. The van der Waals surface area contributed by atoms with Gasteiger partial charge in [-0.05, 0) is 42.7 Å². The Labute approximate surface area is 171 Å². The van der Waals surface area contributed by atoms with E-state index in [1.807, 2.05) is 6.26 Å². The number of hydrogen-bond acceptors (Lipinski definition) is 4. The van der Waals surface area contributed by atoms with Gasteiger partial charge in [0.25, 0.3) is 11.8 Å². The van der Waals surface area contributed by atoms with Crippen molar-refractivity contribution in [2.75, 3.05) is 17.3 Å². The van der Waals surface area contributed by atoms with E-state index in [2.05, 4.69) is 5.32 Å². The van der Waals surface area contributed by atoms with E-state index < -0.39 is 23.8 Å². The average Bonchev–Trinajstić information content (AvgIpc) is 2.91. The first kappa shape index (κ1) is 19.7. The summed E-state index contributed by atoms with van der Waals surface area (Å²) in [5, 5.41) is 3.20. The van der Waals surface area contributed by atoms with Crippen LogP contribution in [0.4, 0.5) is 5.69 Å². The molecule has 0 radical (unpaired) electrons. The number of amides is 3. The Hall–Kier alpha value is -2.02. The third kappa shape index (κ3) is 3.83. The molecule has 3 amide bonds. The van der Waals surface area contributed by atoms with Crippen LogP contribution >= 0.6 is 35.0 Å². The van der Waals surface area contributed by atoms with Gasteiger partial charge in [-0.15, -0.1) is 0 Å². The standard InChI is InChI=1S/C19H16Cl2N2O3S/c1-27-10-9-15(17(24)22-14-8-4-7-13(20)16(14)21)23-18(25)11-5-2-3-6-12(11)19(23)26/h2-8,15H,9-10H2,1H3,(H,22,24)/t15-/m0/s1. The van der Waals surface area contributed by atoms with Crippen LogP contribution in [0.15, 0.2) is 42.5 Å². The molecule has 3 rings (SSSR count). The lowest BCUT2D eigenvalue weighted by Crippen LogP contribution is -2.47. The number of fused-ring (bicyclic) bond motifs is 1. The molecular weight excluding hydrogens is 407 g/mol. The van der Waals surface area contributed by atoms with E-state index in [9.17, 15) is 14.4 Å². The van der Waals surface area contributed by atoms with Crippen molar-refractivity contribution < 1.29 is 14.4 Å². The summed E-state index contributed by atoms with van der Waals surface area (Å²) in [5.41, 5.74) is 0.954. The van der Waals surface area contributed by atoms with Crippen molar-refractivity contribution in [2.24, 2.45) is 0 Å². The maximum atomic E-state index is 12.9. The van der Waals surface area contributed by atoms with Gasteiger partial charge in [-0.2, -0.15) is 11.8 Å². The molecule has 0 saturated carbocycles. The van der Waals surface area contributed by atoms with Gasteiger partial charge < -0.3 is 5.32 Å². The van der Waals surface area contributed by atoms with Crippen molar-refractivity contribution >= 4 is 58.4 Å². The Kier molecular flexibility index (Phi) is 6.09. The first-order valence-electron chi connectivity index (χ1n) is 8.16. The fraction of sp³-hybridized carbons (Fsp3) is 0.211. The van der Waals surface area contributed by atoms with E-state index in [0.717, 1.165) is 4.90 Å². The van der Waals surface area contributed by atoms with E-state index in [-0.39, 0.29) is 5.02 Å². The lowest BCUT2D eigenvalue weighted by molar-refractivity contribution is -0.120. The molecule has 1 heterocycles. The normalized spacial score (nSPS) is 14.3. The molecule has 2 aromatic rings. The van der Waals surface area contributed by atoms with Crippen LogP contribution in [0.3, 0.4) is 0 Å². The minimum atomic E-state index is -0.945. The lowest BCUT2D eigenvalue weighted by atomic mass is 10.1. The molecule has 0 aliphatic carbocycles. The van der Waals surface area contributed by atoms with Crippen LogP contribution in [0, 0.1) is 0 Å². The van der Waals surface area contributed by atoms with Gasteiger partial charge in [-0.1, -0.05) is 41.4 Å². The minimum absolute atomic E-state index is 0.207. The third-order valence-corrected chi connectivity index (χ3v) is 5.71. The quantitative estimate of drug-likeness (QED) is 0.702. The van der Waals surface area contributed by atoms with Gasteiger partial charge in [0, 0.05) is 0 Å². The number of benzene rings is 2. The van der Waals surface area contributed by atoms with Crippen LogP contribution in [0.25, 0.3) is 0 Å². The minimum Gasteiger partial charge on any atom is -0.323 e. The number of carbonyl (C=O) groups excluding carboxylic acids is 3. The highest BCUT2D eigenvalue weighted by Crippen LogP contribution is 2.31. The topological polar surface area (TPSA) is 66.5 Å². The maximum Gasteiger partial charge on any atom is 0.262 e. The SMILES string of the molecule is CSCC[C@@H](C(=O)Nc1cccc(Cl)c1Cl)N1C(=O)c2ccccc2C1=O. The molecule has 1 aliphatic rings. The first-order chi connectivity index (χ1) is 13.0. The third-order valence-electron chi connectivity index (χ3n) is 4.24. The van der Waals surface area contributed by atoms with Gasteiger partial charge in [0.15, 0.2) is 0 Å². The van der Waals surface area contributed by atoms with E-state index in [4.69, 9.17) is 23.2 Å². The molecule has 8 heteroatoms. The van der Waals surface area contributed by atoms with Crippen molar-refractivity contribution in [1.82, 2.24) is 4.90 Å². The number of hydrogen-bond donors (Lipinski definition) is 1. The zero-order valence-corrected chi connectivity index (χ0v) is 16.7. The number of halogens is 2. The number of nitrogens with one attached hydrogen (secondary N) is 1. The monoisotopic (exact) mass is 422 g/mol. The number of carbonyl (C=O) groups is 3. The molecule has 0 spiro atoms. The molecule has 0 unspecified atom stereocenters. The van der Waals surface area contributed by atoms with E-state index in [1.54, 1.807) is 42.5 Å². The average molecular weight is 423 g/mol. The largest absolute Gasteiger partial charge is 0.323 e. The van der Waals surface area contributed by atoms with Crippen molar-refractivity contribution in [2.45, 2.75) is 12.5 Å². The van der Waals surface area contributed by atoms with Crippen LogP contribution in [-0.2, 0) is 4.79 Å². The molecule has 1 atom stereocenters. The molecule has 2 aromatic carbocycles. The van der Waals surface area contributed by atoms with Gasteiger partial charge in [0.2, 0.25) is 5.91 Å². The second-order valence-electron chi connectivity index (χ2n) is 5.91. The van der Waals surface area contributed by atoms with Crippen LogP contribution in [-0.4, -0.2) is 40.7 Å². The summed E-state index contributed by atoms with van der Waals surface area (Å²) in [6.45, 7) is 0. The lowest BCUT2D eigenvalue weighted by Gasteiger charge is -2.25. The highest BCUT2D eigenvalue weighted by atomic mass is 35.5. The smallest absolute Gasteiger partial charge is 0.262 e. The number of anilines is 1. The van der Waals surface area contributed by atoms with Crippen molar-refractivity contribution in [3.63, 3.8) is 0 Å². The van der Waals surface area contributed by atoms with Crippen LogP contribution < -0.4 is 5.32 Å². The molecule has 0 aromatic heterocycles. The van der Waals surface area contributed by atoms with Gasteiger partial charge in [-0.25, -0.2) is 0 Å². The van der Waals surface area contributed by atoms with Gasteiger partial charge >= 0.3 is 0 Å². The summed E-state index contributed by atoms with van der Waals surface area (Å²) in [6, 6.07) is 10.5. The zero-order chi connectivity index (χ0) is 19.6. The Balaban J connectivity index is 1.90. The summed E-state index contributed by atoms with van der Waals surface area (Å²) in [7, 11) is 0. The Morgan fingerprint density at radius 3 is 2.30 bits per heavy atom. The summed E-state index contributed by atoms with van der Waals surface area (Å²) < 4.78 is 0. The summed E-state index contributed by atoms with van der Waals surface area (Å²) in [4.78, 5) is 39.5. The fourth-order valence-electron chi connectivity index (χ4n) is 2.91. The van der Waals surface area contributed by atoms with Gasteiger partial charge in [0.1, 0.15) is 6.04 Å². The number of rotatable bonds is 6. The summed E-state index contributed by atoms with van der Waals surface area (Å²) in [5.74, 6) is -0.805. The highest BCUT2D eigenvalue weighted by Gasteiger charge is 2.42. The first-order valence-corrected chi connectivity index (χ1v) is 10.3. The highest BCUT2D eigenvalue weighted by molar-refractivity contribution is 7.98. The number of thioether (sulfide) groups is 1.